The number of benzene rings is 1. The lowest BCUT2D eigenvalue weighted by Crippen LogP contribution is -2.45. The molecule has 1 fully saturated rings. The molecule has 0 aliphatic heterocycles. The molecule has 0 saturated heterocycles. The van der Waals surface area contributed by atoms with Crippen molar-refractivity contribution in [1.82, 2.24) is 0 Å². The highest BCUT2D eigenvalue weighted by atomic mass is 14.8. The standard InChI is InChI=1S/C16H25N/c1-12(2)14-7-9-15(10-8-14)16(17)11-5-4-6-13(16)3/h7-10,12-13H,4-6,11,17H2,1-3H3. The summed E-state index contributed by atoms with van der Waals surface area (Å²) in [5.74, 6) is 1.20. The van der Waals surface area contributed by atoms with Crippen LogP contribution in [0.15, 0.2) is 24.3 Å². The minimum atomic E-state index is -0.0895. The average molecular weight is 231 g/mol. The summed E-state index contributed by atoms with van der Waals surface area (Å²) in [5.41, 5.74) is 9.29. The molecular formula is C16H25N. The largest absolute Gasteiger partial charge is 0.321 e. The van der Waals surface area contributed by atoms with Gasteiger partial charge in [0.1, 0.15) is 0 Å². The summed E-state index contributed by atoms with van der Waals surface area (Å²) in [6, 6.07) is 8.99. The van der Waals surface area contributed by atoms with Crippen LogP contribution in [0.1, 0.15) is 63.5 Å². The minimum Gasteiger partial charge on any atom is -0.321 e. The zero-order valence-corrected chi connectivity index (χ0v) is 11.4. The van der Waals surface area contributed by atoms with Crippen LogP contribution >= 0.6 is 0 Å². The lowest BCUT2D eigenvalue weighted by atomic mass is 9.70. The Morgan fingerprint density at radius 3 is 2.35 bits per heavy atom. The summed E-state index contributed by atoms with van der Waals surface area (Å²) >= 11 is 0. The predicted molar refractivity (Wildman–Crippen MR) is 74.0 cm³/mol. The number of nitrogens with two attached hydrogens (primary N) is 1. The first-order valence-electron chi connectivity index (χ1n) is 6.93. The van der Waals surface area contributed by atoms with Crippen LogP contribution in [-0.4, -0.2) is 0 Å². The first kappa shape index (κ1) is 12.6. The van der Waals surface area contributed by atoms with Crippen LogP contribution in [0, 0.1) is 5.92 Å². The highest BCUT2D eigenvalue weighted by molar-refractivity contribution is 5.30. The van der Waals surface area contributed by atoms with E-state index in [1.54, 1.807) is 0 Å². The highest BCUT2D eigenvalue weighted by Crippen LogP contribution is 2.39. The third kappa shape index (κ3) is 2.40. The third-order valence-corrected chi connectivity index (χ3v) is 4.47. The maximum absolute atomic E-state index is 6.65. The van der Waals surface area contributed by atoms with E-state index in [2.05, 4.69) is 45.0 Å². The van der Waals surface area contributed by atoms with E-state index in [9.17, 15) is 0 Å². The maximum Gasteiger partial charge on any atom is 0.0435 e. The van der Waals surface area contributed by atoms with Crippen LogP contribution < -0.4 is 5.73 Å². The Bertz CT molecular complexity index is 366. The molecule has 0 amide bonds. The molecule has 2 N–H and O–H groups in total. The van der Waals surface area contributed by atoms with Gasteiger partial charge in [0.25, 0.3) is 0 Å². The molecule has 2 rings (SSSR count). The van der Waals surface area contributed by atoms with Crippen LogP contribution in [0.2, 0.25) is 0 Å². The molecule has 1 nitrogen and oxygen atoms in total. The van der Waals surface area contributed by atoms with Crippen LogP contribution in [0.4, 0.5) is 0 Å². The summed E-state index contributed by atoms with van der Waals surface area (Å²) in [4.78, 5) is 0. The maximum atomic E-state index is 6.65. The van der Waals surface area contributed by atoms with Gasteiger partial charge < -0.3 is 5.73 Å². The fraction of sp³-hybridized carbons (Fsp3) is 0.625. The van der Waals surface area contributed by atoms with Gasteiger partial charge in [0.05, 0.1) is 0 Å². The Balaban J connectivity index is 2.26. The molecule has 17 heavy (non-hydrogen) atoms. The van der Waals surface area contributed by atoms with Gasteiger partial charge in [-0.3, -0.25) is 0 Å². The van der Waals surface area contributed by atoms with Gasteiger partial charge in [-0.1, -0.05) is 57.9 Å². The van der Waals surface area contributed by atoms with Crippen molar-refractivity contribution < 1.29 is 0 Å². The Kier molecular flexibility index (Phi) is 3.58. The molecule has 0 spiro atoms. The second-order valence-corrected chi connectivity index (χ2v) is 5.96. The molecule has 1 aliphatic carbocycles. The Morgan fingerprint density at radius 1 is 1.18 bits per heavy atom. The molecule has 0 radical (unpaired) electrons. The van der Waals surface area contributed by atoms with Gasteiger partial charge in [-0.2, -0.15) is 0 Å². The number of hydrogen-bond donors (Lipinski definition) is 1. The Morgan fingerprint density at radius 2 is 1.82 bits per heavy atom. The number of rotatable bonds is 2. The topological polar surface area (TPSA) is 26.0 Å². The summed E-state index contributed by atoms with van der Waals surface area (Å²) in [7, 11) is 0. The van der Waals surface area contributed by atoms with Crippen molar-refractivity contribution in [1.29, 1.82) is 0 Å². The second-order valence-electron chi connectivity index (χ2n) is 5.96. The van der Waals surface area contributed by atoms with Crippen molar-refractivity contribution in [2.45, 2.75) is 57.9 Å². The first-order chi connectivity index (χ1) is 8.04. The van der Waals surface area contributed by atoms with Gasteiger partial charge >= 0.3 is 0 Å². The van der Waals surface area contributed by atoms with E-state index in [4.69, 9.17) is 5.73 Å². The van der Waals surface area contributed by atoms with E-state index in [-0.39, 0.29) is 5.54 Å². The van der Waals surface area contributed by atoms with E-state index >= 15 is 0 Å². The van der Waals surface area contributed by atoms with E-state index in [0.717, 1.165) is 6.42 Å². The molecule has 1 aromatic carbocycles. The number of hydrogen-bond acceptors (Lipinski definition) is 1. The molecular weight excluding hydrogens is 206 g/mol. The summed E-state index contributed by atoms with van der Waals surface area (Å²) in [6.07, 6.45) is 5.01. The van der Waals surface area contributed by atoms with E-state index in [1.165, 1.54) is 30.4 Å². The fourth-order valence-electron chi connectivity index (χ4n) is 2.98. The quantitative estimate of drug-likeness (QED) is 0.812. The monoisotopic (exact) mass is 231 g/mol. The van der Waals surface area contributed by atoms with Crippen molar-refractivity contribution in [2.75, 3.05) is 0 Å². The smallest absolute Gasteiger partial charge is 0.0435 e. The van der Waals surface area contributed by atoms with Gasteiger partial charge in [-0.05, 0) is 35.8 Å². The van der Waals surface area contributed by atoms with Crippen molar-refractivity contribution in [3.05, 3.63) is 35.4 Å². The summed E-state index contributed by atoms with van der Waals surface area (Å²) in [6.45, 7) is 6.77. The van der Waals surface area contributed by atoms with Crippen LogP contribution in [0.3, 0.4) is 0 Å². The van der Waals surface area contributed by atoms with E-state index < -0.39 is 0 Å². The van der Waals surface area contributed by atoms with E-state index in [1.807, 2.05) is 0 Å². The van der Waals surface area contributed by atoms with Gasteiger partial charge in [0.15, 0.2) is 0 Å². The lowest BCUT2D eigenvalue weighted by Gasteiger charge is -2.40. The zero-order valence-electron chi connectivity index (χ0n) is 11.4. The van der Waals surface area contributed by atoms with Crippen molar-refractivity contribution >= 4 is 0 Å². The molecule has 0 heterocycles. The molecule has 1 aliphatic rings. The van der Waals surface area contributed by atoms with E-state index in [0.29, 0.717) is 11.8 Å². The molecule has 0 aromatic heterocycles. The molecule has 2 atom stereocenters. The SMILES string of the molecule is CC(C)c1ccc(C2(N)CCCCC2C)cc1. The fourth-order valence-corrected chi connectivity index (χ4v) is 2.98. The lowest BCUT2D eigenvalue weighted by molar-refractivity contribution is 0.207. The Hall–Kier alpha value is -0.820. The van der Waals surface area contributed by atoms with Gasteiger partial charge in [-0.25, -0.2) is 0 Å². The van der Waals surface area contributed by atoms with Crippen molar-refractivity contribution in [2.24, 2.45) is 11.7 Å². The van der Waals surface area contributed by atoms with Crippen LogP contribution in [0.5, 0.6) is 0 Å². The predicted octanol–water partition coefficient (Wildman–Crippen LogP) is 4.17. The molecule has 94 valence electrons. The molecule has 1 heteroatoms. The summed E-state index contributed by atoms with van der Waals surface area (Å²) < 4.78 is 0. The summed E-state index contributed by atoms with van der Waals surface area (Å²) in [5, 5.41) is 0. The van der Waals surface area contributed by atoms with Crippen LogP contribution in [0.25, 0.3) is 0 Å². The molecule has 0 bridgehead atoms. The highest BCUT2D eigenvalue weighted by Gasteiger charge is 2.35. The van der Waals surface area contributed by atoms with Crippen molar-refractivity contribution in [3.8, 4) is 0 Å². The van der Waals surface area contributed by atoms with Gasteiger partial charge in [-0.15, -0.1) is 0 Å². The molecule has 2 unspecified atom stereocenters. The first-order valence-corrected chi connectivity index (χ1v) is 6.93. The normalized spacial score (nSPS) is 29.6. The molecule has 1 saturated carbocycles. The third-order valence-electron chi connectivity index (χ3n) is 4.47. The average Bonchev–Trinajstić information content (AvgIpc) is 2.33. The second kappa shape index (κ2) is 4.81. The van der Waals surface area contributed by atoms with Gasteiger partial charge in [0, 0.05) is 5.54 Å². The van der Waals surface area contributed by atoms with Crippen molar-refractivity contribution in [3.63, 3.8) is 0 Å². The van der Waals surface area contributed by atoms with Crippen LogP contribution in [-0.2, 0) is 5.54 Å². The van der Waals surface area contributed by atoms with Gasteiger partial charge in [0.2, 0.25) is 0 Å². The zero-order chi connectivity index (χ0) is 12.5. The molecule has 1 aromatic rings. The minimum absolute atomic E-state index is 0.0895. The Labute approximate surface area is 105 Å².